The molecule has 216 valence electrons. The monoisotopic (exact) mass is 556 g/mol. The van der Waals surface area contributed by atoms with Gasteiger partial charge in [-0.3, -0.25) is 4.57 Å². The van der Waals surface area contributed by atoms with Gasteiger partial charge in [-0.15, -0.1) is 0 Å². The third-order valence-electron chi connectivity index (χ3n) is 6.39. The van der Waals surface area contributed by atoms with Gasteiger partial charge >= 0.3 is 12.1 Å². The lowest BCUT2D eigenvalue weighted by Crippen LogP contribution is -2.33. The number of carbonyl (C=O) groups is 2. The molecule has 0 aliphatic heterocycles. The largest absolute Gasteiger partial charge is 0.444 e. The van der Waals surface area contributed by atoms with E-state index in [4.69, 9.17) is 9.72 Å². The van der Waals surface area contributed by atoms with Gasteiger partial charge in [-0.2, -0.15) is 0 Å². The summed E-state index contributed by atoms with van der Waals surface area (Å²) >= 11 is 0. The molecule has 0 atom stereocenters. The third-order valence-corrected chi connectivity index (χ3v) is 6.39. The Morgan fingerprint density at radius 2 is 1.73 bits per heavy atom. The van der Waals surface area contributed by atoms with E-state index in [1.165, 1.54) is 6.42 Å². The number of pyridine rings is 1. The van der Waals surface area contributed by atoms with Crippen LogP contribution in [-0.4, -0.2) is 45.3 Å². The number of ether oxygens (including phenoxy) is 1. The molecule has 3 amide bonds. The second-order valence-electron chi connectivity index (χ2n) is 11.0. The molecule has 0 fully saturated rings. The molecule has 0 aliphatic carbocycles. The number of amides is 3. The third kappa shape index (κ3) is 8.54. The van der Waals surface area contributed by atoms with Gasteiger partial charge in [0.2, 0.25) is 0 Å². The van der Waals surface area contributed by atoms with Crippen LogP contribution in [0, 0.1) is 0 Å². The number of anilines is 1. The number of alkyl carbamates (subject to hydrolysis) is 1. The Hall–Kier alpha value is -4.40. The van der Waals surface area contributed by atoms with E-state index in [1.807, 2.05) is 86.0 Å². The molecule has 2 heterocycles. The summed E-state index contributed by atoms with van der Waals surface area (Å²) in [4.78, 5) is 33.9. The average molecular weight is 557 g/mol. The summed E-state index contributed by atoms with van der Waals surface area (Å²) in [7, 11) is 0. The maximum Gasteiger partial charge on any atom is 0.407 e. The number of benzene rings is 2. The van der Waals surface area contributed by atoms with Crippen LogP contribution in [0.2, 0.25) is 0 Å². The van der Waals surface area contributed by atoms with E-state index < -0.39 is 11.7 Å². The number of rotatable bonds is 11. The Balaban J connectivity index is 1.50. The maximum atomic E-state index is 12.4. The van der Waals surface area contributed by atoms with Gasteiger partial charge in [0, 0.05) is 36.2 Å². The molecule has 0 aliphatic rings. The smallest absolute Gasteiger partial charge is 0.407 e. The molecule has 9 nitrogen and oxygen atoms in total. The van der Waals surface area contributed by atoms with Gasteiger partial charge in [-0.25, -0.2) is 19.6 Å². The van der Waals surface area contributed by atoms with Crippen LogP contribution in [-0.2, 0) is 11.2 Å². The van der Waals surface area contributed by atoms with Crippen LogP contribution in [0.1, 0.15) is 58.9 Å². The topological polar surface area (TPSA) is 110 Å². The zero-order chi connectivity index (χ0) is 29.2. The van der Waals surface area contributed by atoms with Crippen LogP contribution in [0.3, 0.4) is 0 Å². The van der Waals surface area contributed by atoms with Crippen molar-refractivity contribution in [2.24, 2.45) is 0 Å². The lowest BCUT2D eigenvalue weighted by atomic mass is 10.1. The normalized spacial score (nSPS) is 11.3. The molecule has 2 aromatic carbocycles. The summed E-state index contributed by atoms with van der Waals surface area (Å²) in [5, 5.41) is 8.68. The highest BCUT2D eigenvalue weighted by Crippen LogP contribution is 2.29. The van der Waals surface area contributed by atoms with Gasteiger partial charge < -0.3 is 20.7 Å². The second kappa shape index (κ2) is 13.8. The second-order valence-corrected chi connectivity index (χ2v) is 11.0. The van der Waals surface area contributed by atoms with Crippen LogP contribution in [0.25, 0.3) is 28.2 Å². The Labute approximate surface area is 241 Å². The number of aromatic nitrogens is 3. The summed E-state index contributed by atoms with van der Waals surface area (Å²) in [6, 6.07) is 19.4. The van der Waals surface area contributed by atoms with E-state index in [0.29, 0.717) is 25.2 Å². The minimum atomic E-state index is -0.527. The zero-order valence-electron chi connectivity index (χ0n) is 24.4. The average Bonchev–Trinajstić information content (AvgIpc) is 3.32. The number of hydrogen-bond donors (Lipinski definition) is 3. The van der Waals surface area contributed by atoms with E-state index in [9.17, 15) is 9.59 Å². The molecule has 2 aromatic heterocycles. The van der Waals surface area contributed by atoms with Gasteiger partial charge in [0.1, 0.15) is 16.9 Å². The summed E-state index contributed by atoms with van der Waals surface area (Å²) in [5.74, 6) is 0.724. The first kappa shape index (κ1) is 29.6. The minimum absolute atomic E-state index is 0.217. The molecule has 0 unspecified atom stereocenters. The van der Waals surface area contributed by atoms with Gasteiger partial charge in [-0.05, 0) is 75.6 Å². The van der Waals surface area contributed by atoms with E-state index in [0.717, 1.165) is 53.1 Å². The van der Waals surface area contributed by atoms with Gasteiger partial charge in [-0.1, -0.05) is 50.5 Å². The molecule has 0 bridgehead atoms. The Morgan fingerprint density at radius 3 is 2.49 bits per heavy atom. The van der Waals surface area contributed by atoms with Crippen molar-refractivity contribution in [1.29, 1.82) is 0 Å². The molecule has 4 aromatic rings. The number of unbranched alkanes of at least 4 members (excludes halogenated alkanes) is 3. The number of urea groups is 1. The molecule has 3 N–H and O–H groups in total. The van der Waals surface area contributed by atoms with Crippen LogP contribution in [0.15, 0.2) is 66.9 Å². The highest BCUT2D eigenvalue weighted by molar-refractivity contribution is 5.90. The number of imidazole rings is 1. The fourth-order valence-electron chi connectivity index (χ4n) is 4.45. The fourth-order valence-corrected chi connectivity index (χ4v) is 4.45. The van der Waals surface area contributed by atoms with Crippen molar-refractivity contribution in [1.82, 2.24) is 25.2 Å². The van der Waals surface area contributed by atoms with Crippen molar-refractivity contribution < 1.29 is 14.3 Å². The molecule has 0 spiro atoms. The first-order valence-corrected chi connectivity index (χ1v) is 14.3. The highest BCUT2D eigenvalue weighted by Gasteiger charge is 2.17. The molecule has 0 saturated carbocycles. The number of fused-ring (bicyclic) bond motifs is 1. The Morgan fingerprint density at radius 1 is 0.927 bits per heavy atom. The number of nitrogens with one attached hydrogen (secondary N) is 3. The first-order chi connectivity index (χ1) is 19.7. The predicted octanol–water partition coefficient (Wildman–Crippen LogP) is 6.86. The lowest BCUT2D eigenvalue weighted by Gasteiger charge is -2.19. The summed E-state index contributed by atoms with van der Waals surface area (Å²) in [6.07, 6.45) is 6.42. The van der Waals surface area contributed by atoms with E-state index in [-0.39, 0.29) is 6.03 Å². The van der Waals surface area contributed by atoms with E-state index in [2.05, 4.69) is 27.9 Å². The van der Waals surface area contributed by atoms with Crippen LogP contribution < -0.4 is 16.0 Å². The van der Waals surface area contributed by atoms with Crippen molar-refractivity contribution in [3.05, 3.63) is 72.4 Å². The molecule has 0 saturated heterocycles. The van der Waals surface area contributed by atoms with Crippen LogP contribution in [0.5, 0.6) is 0 Å². The Kier molecular flexibility index (Phi) is 9.95. The highest BCUT2D eigenvalue weighted by atomic mass is 16.6. The molecule has 9 heteroatoms. The fraction of sp³-hybridized carbons (Fsp3) is 0.375. The van der Waals surface area contributed by atoms with Gasteiger partial charge in [0.05, 0.1) is 0 Å². The van der Waals surface area contributed by atoms with Crippen LogP contribution >= 0.6 is 0 Å². The minimum Gasteiger partial charge on any atom is -0.444 e. The maximum absolute atomic E-state index is 12.4. The van der Waals surface area contributed by atoms with Crippen molar-refractivity contribution in [3.63, 3.8) is 0 Å². The molecule has 41 heavy (non-hydrogen) atoms. The first-order valence-electron chi connectivity index (χ1n) is 14.3. The zero-order valence-corrected chi connectivity index (χ0v) is 24.4. The summed E-state index contributed by atoms with van der Waals surface area (Å²) in [6.45, 7) is 8.82. The van der Waals surface area contributed by atoms with Crippen molar-refractivity contribution in [3.8, 4) is 17.1 Å². The van der Waals surface area contributed by atoms with E-state index in [1.54, 1.807) is 6.20 Å². The van der Waals surface area contributed by atoms with Crippen molar-refractivity contribution >= 4 is 29.0 Å². The Bertz CT molecular complexity index is 1460. The SMILES string of the molecule is CCCCCCNC(=O)Nc1cccc(-c2nc3cccnc3n2-c2ccc(CCNC(=O)OC(C)(C)C)cc2)c1. The summed E-state index contributed by atoms with van der Waals surface area (Å²) < 4.78 is 7.32. The van der Waals surface area contributed by atoms with Crippen molar-refractivity contribution in [2.45, 2.75) is 65.4 Å². The number of nitrogens with zero attached hydrogens (tertiary/aromatic N) is 3. The quantitative estimate of drug-likeness (QED) is 0.175. The predicted molar refractivity (Wildman–Crippen MR) is 163 cm³/mol. The van der Waals surface area contributed by atoms with Gasteiger partial charge in [0.15, 0.2) is 5.65 Å². The van der Waals surface area contributed by atoms with E-state index >= 15 is 0 Å². The molecular formula is C32H40N6O3. The standard InChI is InChI=1S/C32H40N6O3/c1-5-6-7-8-19-34-30(39)36-25-12-9-11-24(22-25)28-37-27-13-10-20-33-29(27)38(28)26-16-14-23(15-17-26)18-21-35-31(40)41-32(2,3)4/h9-17,20,22H,5-8,18-19,21H2,1-4H3,(H,35,40)(H2,34,36,39). The van der Waals surface area contributed by atoms with Crippen LogP contribution in [0.4, 0.5) is 15.3 Å². The van der Waals surface area contributed by atoms with Gasteiger partial charge in [0.25, 0.3) is 0 Å². The summed E-state index contributed by atoms with van der Waals surface area (Å²) in [5.41, 5.74) is 4.52. The molecular weight excluding hydrogens is 516 g/mol. The molecule has 4 rings (SSSR count). The number of hydrogen-bond acceptors (Lipinski definition) is 5. The number of carbonyl (C=O) groups excluding carboxylic acids is 2. The van der Waals surface area contributed by atoms with Crippen molar-refractivity contribution in [2.75, 3.05) is 18.4 Å². The molecule has 0 radical (unpaired) electrons. The lowest BCUT2D eigenvalue weighted by molar-refractivity contribution is 0.0528.